The molecular formula is C16H22F3NO3S. The van der Waals surface area contributed by atoms with E-state index in [0.717, 1.165) is 13.1 Å². The number of esters is 1. The van der Waals surface area contributed by atoms with Crippen molar-refractivity contribution in [2.75, 3.05) is 26.1 Å². The Labute approximate surface area is 142 Å². The van der Waals surface area contributed by atoms with Crippen molar-refractivity contribution in [3.8, 4) is 0 Å². The van der Waals surface area contributed by atoms with Gasteiger partial charge in [-0.15, -0.1) is 0 Å². The van der Waals surface area contributed by atoms with Crippen LogP contribution in [-0.2, 0) is 20.5 Å². The SMILES string of the molecule is CCC[S@@](=O)N(C)[C@](F)(C(=O)OCC)[C@H](CF)c1ccccc1F. The standard InChI is InChI=1S/C16H22F3NO3S/c1-4-10-24(22)20(3)16(19,15(21)23-5-2)13(11-17)12-8-6-7-9-14(12)18/h6-9,13H,4-5,10-11H2,1-3H3/t13-,16+,24-/m1/s1. The quantitative estimate of drug-likeness (QED) is 0.499. The van der Waals surface area contributed by atoms with Gasteiger partial charge in [-0.05, 0) is 25.0 Å². The Morgan fingerprint density at radius 2 is 2.00 bits per heavy atom. The van der Waals surface area contributed by atoms with Crippen LogP contribution in [-0.4, -0.2) is 46.4 Å². The van der Waals surface area contributed by atoms with Crippen molar-refractivity contribution in [2.24, 2.45) is 0 Å². The molecule has 0 saturated carbocycles. The Hall–Kier alpha value is -1.41. The number of rotatable bonds is 9. The summed E-state index contributed by atoms with van der Waals surface area (Å²) in [7, 11) is -0.789. The van der Waals surface area contributed by atoms with Crippen LogP contribution in [0.25, 0.3) is 0 Å². The van der Waals surface area contributed by atoms with Gasteiger partial charge in [-0.3, -0.25) is 4.39 Å². The third kappa shape index (κ3) is 4.16. The van der Waals surface area contributed by atoms with Crippen LogP contribution in [0.3, 0.4) is 0 Å². The lowest BCUT2D eigenvalue weighted by Gasteiger charge is -2.36. The van der Waals surface area contributed by atoms with E-state index in [0.29, 0.717) is 10.7 Å². The summed E-state index contributed by atoms with van der Waals surface area (Å²) >= 11 is 0. The molecule has 0 radical (unpaired) electrons. The number of ether oxygens (including phenoxy) is 1. The zero-order valence-corrected chi connectivity index (χ0v) is 14.7. The Kier molecular flexibility index (Phi) is 7.89. The Bertz CT molecular complexity index is 587. The Balaban J connectivity index is 3.42. The first-order chi connectivity index (χ1) is 11.3. The number of likely N-dealkylation sites (N-methyl/N-ethyl adjacent to an activating group) is 1. The Morgan fingerprint density at radius 3 is 2.50 bits per heavy atom. The number of carbonyl (C=O) groups excluding carboxylic acids is 1. The summed E-state index contributed by atoms with van der Waals surface area (Å²) in [5.41, 5.74) is -0.309. The fraction of sp³-hybridized carbons (Fsp3) is 0.562. The van der Waals surface area contributed by atoms with Gasteiger partial charge in [0.15, 0.2) is 0 Å². The largest absolute Gasteiger partial charge is 0.463 e. The maximum atomic E-state index is 15.7. The Morgan fingerprint density at radius 1 is 1.38 bits per heavy atom. The van der Waals surface area contributed by atoms with Gasteiger partial charge in [0.05, 0.1) is 23.5 Å². The van der Waals surface area contributed by atoms with Crippen LogP contribution in [0.4, 0.5) is 13.2 Å². The molecule has 0 aromatic heterocycles. The van der Waals surface area contributed by atoms with Crippen LogP contribution < -0.4 is 0 Å². The molecule has 1 rings (SSSR count). The first-order valence-corrected chi connectivity index (χ1v) is 8.90. The minimum absolute atomic E-state index is 0.0812. The molecule has 1 aromatic rings. The lowest BCUT2D eigenvalue weighted by Crippen LogP contribution is -2.56. The van der Waals surface area contributed by atoms with Crippen molar-refractivity contribution >= 4 is 17.0 Å². The van der Waals surface area contributed by atoms with E-state index < -0.39 is 41.2 Å². The molecule has 1 aromatic carbocycles. The summed E-state index contributed by atoms with van der Waals surface area (Å²) in [6.45, 7) is 1.70. The normalized spacial score (nSPS) is 16.5. The summed E-state index contributed by atoms with van der Waals surface area (Å²) in [5, 5.41) is 0. The second-order valence-electron chi connectivity index (χ2n) is 5.15. The van der Waals surface area contributed by atoms with Crippen molar-refractivity contribution in [1.82, 2.24) is 4.31 Å². The van der Waals surface area contributed by atoms with Crippen LogP contribution >= 0.6 is 0 Å². The van der Waals surface area contributed by atoms with Gasteiger partial charge in [-0.2, -0.15) is 4.31 Å². The molecular weight excluding hydrogens is 343 g/mol. The second-order valence-corrected chi connectivity index (χ2v) is 6.74. The first-order valence-electron chi connectivity index (χ1n) is 7.63. The summed E-state index contributed by atoms with van der Waals surface area (Å²) in [4.78, 5) is 12.2. The van der Waals surface area contributed by atoms with Gasteiger partial charge in [0.1, 0.15) is 12.5 Å². The van der Waals surface area contributed by atoms with E-state index in [1.54, 1.807) is 6.92 Å². The molecule has 8 heteroatoms. The molecule has 0 bridgehead atoms. The van der Waals surface area contributed by atoms with Crippen molar-refractivity contribution in [3.05, 3.63) is 35.6 Å². The van der Waals surface area contributed by atoms with Gasteiger partial charge in [-0.25, -0.2) is 17.8 Å². The molecule has 0 spiro atoms. The van der Waals surface area contributed by atoms with Crippen LogP contribution in [0.2, 0.25) is 0 Å². The maximum absolute atomic E-state index is 15.7. The molecule has 0 aliphatic heterocycles. The average molecular weight is 365 g/mol. The summed E-state index contributed by atoms with van der Waals surface area (Å²) in [6.07, 6.45) is 0.468. The number of hydrogen-bond donors (Lipinski definition) is 0. The third-order valence-electron chi connectivity index (χ3n) is 3.60. The van der Waals surface area contributed by atoms with E-state index in [2.05, 4.69) is 0 Å². The highest BCUT2D eigenvalue weighted by molar-refractivity contribution is 7.82. The van der Waals surface area contributed by atoms with Crippen molar-refractivity contribution in [3.63, 3.8) is 0 Å². The van der Waals surface area contributed by atoms with E-state index in [-0.39, 0.29) is 17.9 Å². The van der Waals surface area contributed by atoms with Crippen LogP contribution in [0.15, 0.2) is 24.3 Å². The molecule has 24 heavy (non-hydrogen) atoms. The molecule has 0 saturated heterocycles. The monoisotopic (exact) mass is 365 g/mol. The number of hydrogen-bond acceptors (Lipinski definition) is 3. The second kappa shape index (κ2) is 9.17. The van der Waals surface area contributed by atoms with Gasteiger partial charge in [0.2, 0.25) is 0 Å². The van der Waals surface area contributed by atoms with E-state index in [4.69, 9.17) is 4.74 Å². The molecule has 3 atom stereocenters. The number of nitrogens with zero attached hydrogens (tertiary/aromatic N) is 1. The lowest BCUT2D eigenvalue weighted by molar-refractivity contribution is -0.168. The number of carbonyl (C=O) groups is 1. The molecule has 0 aliphatic carbocycles. The first kappa shape index (κ1) is 20.6. The third-order valence-corrected chi connectivity index (χ3v) is 5.24. The van der Waals surface area contributed by atoms with Crippen LogP contribution in [0.5, 0.6) is 0 Å². The van der Waals surface area contributed by atoms with Crippen molar-refractivity contribution < 1.29 is 26.9 Å². The molecule has 4 nitrogen and oxygen atoms in total. The molecule has 0 fully saturated rings. The van der Waals surface area contributed by atoms with E-state index in [1.165, 1.54) is 25.1 Å². The van der Waals surface area contributed by atoms with Crippen LogP contribution in [0, 0.1) is 5.82 Å². The highest BCUT2D eigenvalue weighted by Gasteiger charge is 2.54. The number of alkyl halides is 2. The fourth-order valence-electron chi connectivity index (χ4n) is 2.33. The summed E-state index contributed by atoms with van der Waals surface area (Å²) < 4.78 is 61.0. The van der Waals surface area contributed by atoms with E-state index in [9.17, 15) is 17.8 Å². The molecule has 0 heterocycles. The van der Waals surface area contributed by atoms with Gasteiger partial charge < -0.3 is 4.74 Å². The molecule has 0 N–H and O–H groups in total. The predicted molar refractivity (Wildman–Crippen MR) is 86.7 cm³/mol. The molecule has 0 aliphatic rings. The van der Waals surface area contributed by atoms with Crippen LogP contribution in [0.1, 0.15) is 31.7 Å². The minimum Gasteiger partial charge on any atom is -0.463 e. The summed E-state index contributed by atoms with van der Waals surface area (Å²) in [5.74, 6) is -7.04. The zero-order chi connectivity index (χ0) is 18.3. The molecule has 0 unspecified atom stereocenters. The maximum Gasteiger partial charge on any atom is 0.361 e. The van der Waals surface area contributed by atoms with Crippen molar-refractivity contribution in [1.29, 1.82) is 0 Å². The highest BCUT2D eigenvalue weighted by Crippen LogP contribution is 2.38. The van der Waals surface area contributed by atoms with E-state index in [1.807, 2.05) is 0 Å². The zero-order valence-electron chi connectivity index (χ0n) is 13.9. The highest BCUT2D eigenvalue weighted by atomic mass is 32.2. The van der Waals surface area contributed by atoms with Crippen molar-refractivity contribution in [2.45, 2.75) is 32.0 Å². The smallest absolute Gasteiger partial charge is 0.361 e. The number of halogens is 3. The molecule has 0 amide bonds. The van der Waals surface area contributed by atoms with Gasteiger partial charge in [0, 0.05) is 12.8 Å². The van der Waals surface area contributed by atoms with Gasteiger partial charge in [0.25, 0.3) is 5.79 Å². The topological polar surface area (TPSA) is 46.6 Å². The number of benzene rings is 1. The van der Waals surface area contributed by atoms with Gasteiger partial charge >= 0.3 is 5.97 Å². The summed E-state index contributed by atoms with van der Waals surface area (Å²) in [6, 6.07) is 5.03. The lowest BCUT2D eigenvalue weighted by atomic mass is 9.90. The minimum atomic E-state index is -3.09. The molecule has 136 valence electrons. The fourth-order valence-corrected chi connectivity index (χ4v) is 3.45. The van der Waals surface area contributed by atoms with Gasteiger partial charge in [-0.1, -0.05) is 25.1 Å². The van der Waals surface area contributed by atoms with E-state index >= 15 is 4.39 Å². The average Bonchev–Trinajstić information content (AvgIpc) is 2.56. The predicted octanol–water partition coefficient (Wildman–Crippen LogP) is 3.11.